The van der Waals surface area contributed by atoms with Crippen molar-refractivity contribution in [1.29, 1.82) is 0 Å². The third-order valence-corrected chi connectivity index (χ3v) is 3.93. The van der Waals surface area contributed by atoms with Crippen LogP contribution in [0.25, 0.3) is 0 Å². The van der Waals surface area contributed by atoms with Crippen LogP contribution in [0.1, 0.15) is 15.9 Å². The monoisotopic (exact) mass is 369 g/mol. The molecule has 0 radical (unpaired) electrons. The number of carbonyl (C=O) groups is 1. The molecule has 0 spiro atoms. The largest absolute Gasteiger partial charge is 0.496 e. The molecule has 4 nitrogen and oxygen atoms in total. The fourth-order valence-corrected chi connectivity index (χ4v) is 2.53. The van der Waals surface area contributed by atoms with Gasteiger partial charge in [-0.2, -0.15) is 0 Å². The van der Waals surface area contributed by atoms with Gasteiger partial charge in [0.25, 0.3) is 0 Å². The van der Waals surface area contributed by atoms with E-state index in [1.807, 2.05) is 0 Å². The average Bonchev–Trinajstić information content (AvgIpc) is 2.49. The number of nitrogen functional groups attached to an aromatic ring is 1. The minimum atomic E-state index is -0.223. The first kappa shape index (κ1) is 15.7. The summed E-state index contributed by atoms with van der Waals surface area (Å²) in [6.07, 6.45) is 0. The number of hydrogen-bond acceptors (Lipinski definition) is 4. The van der Waals surface area contributed by atoms with E-state index in [1.165, 1.54) is 20.3 Å². The number of methoxy groups -OCH3 is 2. The first-order valence-electron chi connectivity index (χ1n) is 5.99. The van der Waals surface area contributed by atoms with Gasteiger partial charge in [-0.3, -0.25) is 4.79 Å². The molecule has 0 aliphatic carbocycles. The Morgan fingerprint density at radius 3 is 2.38 bits per heavy atom. The molecular formula is C15H13BrClNO3. The molecule has 0 saturated heterocycles. The minimum Gasteiger partial charge on any atom is -0.496 e. The zero-order chi connectivity index (χ0) is 15.6. The van der Waals surface area contributed by atoms with Crippen LogP contribution in [0.3, 0.4) is 0 Å². The van der Waals surface area contributed by atoms with E-state index in [0.29, 0.717) is 37.8 Å². The minimum absolute atomic E-state index is 0.223. The predicted molar refractivity (Wildman–Crippen MR) is 86.5 cm³/mol. The molecule has 21 heavy (non-hydrogen) atoms. The molecule has 0 aliphatic rings. The first-order valence-corrected chi connectivity index (χ1v) is 7.16. The Kier molecular flexibility index (Phi) is 4.75. The van der Waals surface area contributed by atoms with Gasteiger partial charge in [0.1, 0.15) is 11.5 Å². The standard InChI is InChI=1S/C15H13BrClNO3/c1-20-13-7-10(16)14(21-2)6-9(13)15(19)8-3-4-12(18)11(17)5-8/h3-7H,18H2,1-2H3. The van der Waals surface area contributed by atoms with Gasteiger partial charge in [-0.05, 0) is 46.3 Å². The molecule has 110 valence electrons. The van der Waals surface area contributed by atoms with E-state index < -0.39 is 0 Å². The smallest absolute Gasteiger partial charge is 0.196 e. The molecule has 0 saturated carbocycles. The molecule has 0 aromatic heterocycles. The highest BCUT2D eigenvalue weighted by Crippen LogP contribution is 2.34. The second-order valence-corrected chi connectivity index (χ2v) is 5.51. The predicted octanol–water partition coefficient (Wildman–Crippen LogP) is 3.93. The van der Waals surface area contributed by atoms with Gasteiger partial charge >= 0.3 is 0 Å². The number of ether oxygens (including phenoxy) is 2. The van der Waals surface area contributed by atoms with Gasteiger partial charge in [0.2, 0.25) is 0 Å². The number of nitrogens with two attached hydrogens (primary N) is 1. The summed E-state index contributed by atoms with van der Waals surface area (Å²) in [6.45, 7) is 0. The number of hydrogen-bond donors (Lipinski definition) is 1. The Hall–Kier alpha value is -1.72. The van der Waals surface area contributed by atoms with Crippen LogP contribution in [0.2, 0.25) is 5.02 Å². The number of rotatable bonds is 4. The van der Waals surface area contributed by atoms with Crippen LogP contribution in [0.4, 0.5) is 5.69 Å². The molecule has 2 aromatic carbocycles. The van der Waals surface area contributed by atoms with Gasteiger partial charge in [0, 0.05) is 5.56 Å². The van der Waals surface area contributed by atoms with Crippen molar-refractivity contribution in [2.24, 2.45) is 0 Å². The second-order valence-electron chi connectivity index (χ2n) is 4.25. The van der Waals surface area contributed by atoms with E-state index in [-0.39, 0.29) is 5.78 Å². The van der Waals surface area contributed by atoms with Gasteiger partial charge in [-0.1, -0.05) is 11.6 Å². The second kappa shape index (κ2) is 6.37. The van der Waals surface area contributed by atoms with E-state index in [4.69, 9.17) is 26.8 Å². The van der Waals surface area contributed by atoms with Crippen molar-refractivity contribution in [2.45, 2.75) is 0 Å². The lowest BCUT2D eigenvalue weighted by Gasteiger charge is -2.12. The molecule has 0 bridgehead atoms. The summed E-state index contributed by atoms with van der Waals surface area (Å²) in [5, 5.41) is 0.337. The maximum atomic E-state index is 12.6. The summed E-state index contributed by atoms with van der Waals surface area (Å²) >= 11 is 9.32. The Labute approximate surface area is 135 Å². The van der Waals surface area contributed by atoms with Crippen molar-refractivity contribution in [3.8, 4) is 11.5 Å². The SMILES string of the molecule is COc1cc(C(=O)c2ccc(N)c(Cl)c2)c(OC)cc1Br. The zero-order valence-electron chi connectivity index (χ0n) is 11.4. The van der Waals surface area contributed by atoms with Gasteiger partial charge < -0.3 is 15.2 Å². The summed E-state index contributed by atoms with van der Waals surface area (Å²) in [5.74, 6) is 0.765. The summed E-state index contributed by atoms with van der Waals surface area (Å²) in [6, 6.07) is 8.06. The molecule has 0 fully saturated rings. The van der Waals surface area contributed by atoms with Crippen LogP contribution < -0.4 is 15.2 Å². The fraction of sp³-hybridized carbons (Fsp3) is 0.133. The number of anilines is 1. The van der Waals surface area contributed by atoms with Crippen molar-refractivity contribution in [3.63, 3.8) is 0 Å². The molecule has 6 heteroatoms. The van der Waals surface area contributed by atoms with Gasteiger partial charge in [-0.15, -0.1) is 0 Å². The van der Waals surface area contributed by atoms with Crippen LogP contribution >= 0.6 is 27.5 Å². The Morgan fingerprint density at radius 1 is 1.14 bits per heavy atom. The van der Waals surface area contributed by atoms with E-state index in [1.54, 1.807) is 24.3 Å². The van der Waals surface area contributed by atoms with Crippen LogP contribution in [0, 0.1) is 0 Å². The summed E-state index contributed by atoms with van der Waals surface area (Å²) in [7, 11) is 3.03. The number of benzene rings is 2. The molecule has 2 N–H and O–H groups in total. The van der Waals surface area contributed by atoms with Crippen LogP contribution in [-0.4, -0.2) is 20.0 Å². The van der Waals surface area contributed by atoms with Crippen molar-refractivity contribution in [2.75, 3.05) is 20.0 Å². The maximum Gasteiger partial charge on any atom is 0.196 e. The lowest BCUT2D eigenvalue weighted by Crippen LogP contribution is -2.05. The third-order valence-electron chi connectivity index (χ3n) is 2.98. The molecule has 0 unspecified atom stereocenters. The highest BCUT2D eigenvalue weighted by molar-refractivity contribution is 9.10. The van der Waals surface area contributed by atoms with Gasteiger partial charge in [0.05, 0.1) is 35.0 Å². The van der Waals surface area contributed by atoms with E-state index >= 15 is 0 Å². The molecule has 0 heterocycles. The Bertz CT molecular complexity index is 704. The van der Waals surface area contributed by atoms with E-state index in [9.17, 15) is 4.79 Å². The van der Waals surface area contributed by atoms with Crippen LogP contribution in [0.15, 0.2) is 34.8 Å². The molecule has 0 amide bonds. The zero-order valence-corrected chi connectivity index (χ0v) is 13.8. The van der Waals surface area contributed by atoms with Crippen LogP contribution in [-0.2, 0) is 0 Å². The fourth-order valence-electron chi connectivity index (χ4n) is 1.86. The number of ketones is 1. The third kappa shape index (κ3) is 3.14. The summed E-state index contributed by atoms with van der Waals surface area (Å²) in [4.78, 5) is 12.6. The molecular weight excluding hydrogens is 358 g/mol. The van der Waals surface area contributed by atoms with E-state index in [2.05, 4.69) is 15.9 Å². The summed E-state index contributed by atoms with van der Waals surface area (Å²) < 4.78 is 11.2. The number of halogens is 2. The van der Waals surface area contributed by atoms with Crippen molar-refractivity contribution >= 4 is 39.0 Å². The van der Waals surface area contributed by atoms with Crippen molar-refractivity contribution in [3.05, 3.63) is 51.0 Å². The maximum absolute atomic E-state index is 12.6. The lowest BCUT2D eigenvalue weighted by atomic mass is 10.0. The van der Waals surface area contributed by atoms with Crippen molar-refractivity contribution in [1.82, 2.24) is 0 Å². The quantitative estimate of drug-likeness (QED) is 0.654. The highest BCUT2D eigenvalue weighted by atomic mass is 79.9. The average molecular weight is 371 g/mol. The van der Waals surface area contributed by atoms with Gasteiger partial charge in [-0.25, -0.2) is 0 Å². The Morgan fingerprint density at radius 2 is 1.81 bits per heavy atom. The van der Waals surface area contributed by atoms with Crippen molar-refractivity contribution < 1.29 is 14.3 Å². The highest BCUT2D eigenvalue weighted by Gasteiger charge is 2.18. The Balaban J connectivity index is 2.53. The molecule has 2 rings (SSSR count). The molecule has 2 aromatic rings. The van der Waals surface area contributed by atoms with Crippen LogP contribution in [0.5, 0.6) is 11.5 Å². The van der Waals surface area contributed by atoms with Gasteiger partial charge in [0.15, 0.2) is 5.78 Å². The topological polar surface area (TPSA) is 61.5 Å². The van der Waals surface area contributed by atoms with E-state index in [0.717, 1.165) is 0 Å². The first-order chi connectivity index (χ1) is 9.97. The lowest BCUT2D eigenvalue weighted by molar-refractivity contribution is 0.103. The number of carbonyl (C=O) groups excluding carboxylic acids is 1. The summed E-state index contributed by atoms with van der Waals surface area (Å²) in [5.41, 5.74) is 6.89. The molecule has 0 aliphatic heterocycles. The normalized spacial score (nSPS) is 10.3. The molecule has 0 atom stereocenters.